The van der Waals surface area contributed by atoms with Gasteiger partial charge in [0.05, 0.1) is 31.0 Å². The number of fused-ring (bicyclic) bond motifs is 3. The topological polar surface area (TPSA) is 112 Å². The van der Waals surface area contributed by atoms with Crippen molar-refractivity contribution in [3.8, 4) is 34.9 Å². The molecule has 208 valence electrons. The van der Waals surface area contributed by atoms with E-state index in [1.54, 1.807) is 30.9 Å². The molecule has 4 aromatic rings. The maximum absolute atomic E-state index is 10.4. The fraction of sp³-hybridized carbons (Fsp3) is 0.355. The molecule has 4 aromatic heterocycles. The first kappa shape index (κ1) is 26.7. The van der Waals surface area contributed by atoms with Crippen molar-refractivity contribution in [2.75, 3.05) is 38.8 Å². The van der Waals surface area contributed by atoms with Gasteiger partial charge in [0.15, 0.2) is 0 Å². The predicted molar refractivity (Wildman–Crippen MR) is 153 cm³/mol. The van der Waals surface area contributed by atoms with Gasteiger partial charge in [-0.05, 0) is 37.1 Å². The van der Waals surface area contributed by atoms with Crippen LogP contribution in [0.1, 0.15) is 30.0 Å². The van der Waals surface area contributed by atoms with E-state index in [9.17, 15) is 10.4 Å². The lowest BCUT2D eigenvalue weighted by Crippen LogP contribution is -2.68. The smallest absolute Gasteiger partial charge is 0.212 e. The molecule has 2 bridgehead atoms. The van der Waals surface area contributed by atoms with Crippen molar-refractivity contribution < 1.29 is 14.6 Å². The number of hydrogen-bond donors (Lipinski definition) is 1. The van der Waals surface area contributed by atoms with Gasteiger partial charge in [-0.1, -0.05) is 17.9 Å². The molecule has 10 heteroatoms. The summed E-state index contributed by atoms with van der Waals surface area (Å²) in [5.74, 6) is 7.46. The SMILES string of the molecule is COCC(C)(O)C#Cc1cc(-c2ccc(N3CC4CC(C3)N4Cc3ccc(OC)nc3)nc2)c2c(C#N)cnn2c1. The van der Waals surface area contributed by atoms with E-state index in [0.717, 1.165) is 36.6 Å². The molecule has 3 atom stereocenters. The molecule has 10 nitrogen and oxygen atoms in total. The first-order valence-corrected chi connectivity index (χ1v) is 13.5. The summed E-state index contributed by atoms with van der Waals surface area (Å²) in [7, 11) is 3.15. The van der Waals surface area contributed by atoms with Crippen LogP contribution in [0.25, 0.3) is 16.6 Å². The van der Waals surface area contributed by atoms with Gasteiger partial charge in [-0.3, -0.25) is 4.90 Å². The number of pyridine rings is 3. The van der Waals surface area contributed by atoms with Crippen molar-refractivity contribution in [3.05, 3.63) is 71.8 Å². The lowest BCUT2D eigenvalue weighted by Gasteiger charge is -2.56. The number of piperidine rings is 1. The van der Waals surface area contributed by atoms with Gasteiger partial charge in [0, 0.05) is 80.2 Å². The Kier molecular flexibility index (Phi) is 7.06. The Bertz CT molecular complexity index is 1650. The summed E-state index contributed by atoms with van der Waals surface area (Å²) in [6.07, 6.45) is 8.23. The van der Waals surface area contributed by atoms with Crippen LogP contribution in [0.3, 0.4) is 0 Å². The summed E-state index contributed by atoms with van der Waals surface area (Å²) in [4.78, 5) is 14.1. The van der Waals surface area contributed by atoms with E-state index in [1.165, 1.54) is 19.1 Å². The Morgan fingerprint density at radius 2 is 1.93 bits per heavy atom. The number of nitriles is 1. The summed E-state index contributed by atoms with van der Waals surface area (Å²) < 4.78 is 11.9. The standard InChI is InChI=1S/C31H31N7O3/c1-31(39,20-40-2)9-8-21-10-27(30-24(12-32)15-35-38(30)17-21)23-5-6-28(33-14-23)36-18-25-11-26(19-36)37(25)16-22-4-7-29(41-3)34-13-22/h4-7,10,13-15,17,25-26,39H,11,16,18-20H2,1-3H3. The average Bonchev–Trinajstić information content (AvgIpc) is 3.42. The van der Waals surface area contributed by atoms with Crippen molar-refractivity contribution >= 4 is 11.3 Å². The molecule has 7 rings (SSSR count). The molecule has 3 fully saturated rings. The van der Waals surface area contributed by atoms with Gasteiger partial charge in [-0.2, -0.15) is 10.4 Å². The third-order valence-corrected chi connectivity index (χ3v) is 7.73. The van der Waals surface area contributed by atoms with Crippen molar-refractivity contribution in [1.82, 2.24) is 24.5 Å². The van der Waals surface area contributed by atoms with Gasteiger partial charge in [-0.25, -0.2) is 14.5 Å². The van der Waals surface area contributed by atoms with Crippen LogP contribution in [0.2, 0.25) is 0 Å². The zero-order chi connectivity index (χ0) is 28.6. The van der Waals surface area contributed by atoms with E-state index >= 15 is 0 Å². The molecule has 3 aliphatic rings. The zero-order valence-electron chi connectivity index (χ0n) is 23.3. The highest BCUT2D eigenvalue weighted by Gasteiger charge is 2.44. The van der Waals surface area contributed by atoms with Crippen LogP contribution in [-0.2, 0) is 11.3 Å². The minimum atomic E-state index is -1.29. The van der Waals surface area contributed by atoms with Gasteiger partial charge in [0.25, 0.3) is 0 Å². The molecule has 0 radical (unpaired) electrons. The molecule has 0 aromatic carbocycles. The fourth-order valence-electron chi connectivity index (χ4n) is 5.72. The predicted octanol–water partition coefficient (Wildman–Crippen LogP) is 2.88. The molecule has 7 heterocycles. The van der Waals surface area contributed by atoms with E-state index in [2.05, 4.69) is 43.9 Å². The molecule has 0 aliphatic carbocycles. The second kappa shape index (κ2) is 10.8. The zero-order valence-corrected chi connectivity index (χ0v) is 23.3. The quantitative estimate of drug-likeness (QED) is 0.348. The van der Waals surface area contributed by atoms with Gasteiger partial charge in [-0.15, -0.1) is 0 Å². The van der Waals surface area contributed by atoms with Gasteiger partial charge in [0.1, 0.15) is 17.5 Å². The lowest BCUT2D eigenvalue weighted by molar-refractivity contribution is -0.00876. The van der Waals surface area contributed by atoms with Gasteiger partial charge in [0.2, 0.25) is 5.88 Å². The molecule has 3 unspecified atom stereocenters. The van der Waals surface area contributed by atoms with E-state index in [4.69, 9.17) is 14.5 Å². The molecule has 1 N–H and O–H groups in total. The van der Waals surface area contributed by atoms with Crippen LogP contribution in [0.4, 0.5) is 5.82 Å². The van der Waals surface area contributed by atoms with Crippen molar-refractivity contribution in [2.45, 2.75) is 37.6 Å². The first-order chi connectivity index (χ1) is 19.9. The number of aliphatic hydroxyl groups is 1. The molecule has 0 saturated carbocycles. The summed E-state index contributed by atoms with van der Waals surface area (Å²) >= 11 is 0. The third-order valence-electron chi connectivity index (χ3n) is 7.73. The van der Waals surface area contributed by atoms with Gasteiger partial charge < -0.3 is 19.5 Å². The molecular weight excluding hydrogens is 518 g/mol. The highest BCUT2D eigenvalue weighted by atomic mass is 16.5. The number of piperazine rings is 1. The summed E-state index contributed by atoms with van der Waals surface area (Å²) in [6, 6.07) is 13.2. The monoisotopic (exact) mass is 549 g/mol. The first-order valence-electron chi connectivity index (χ1n) is 13.5. The molecule has 41 heavy (non-hydrogen) atoms. The van der Waals surface area contributed by atoms with Crippen molar-refractivity contribution in [3.63, 3.8) is 0 Å². The van der Waals surface area contributed by atoms with Crippen LogP contribution >= 0.6 is 0 Å². The minimum Gasteiger partial charge on any atom is -0.481 e. The normalized spacial score (nSPS) is 19.5. The van der Waals surface area contributed by atoms with Crippen LogP contribution in [-0.4, -0.2) is 81.2 Å². The van der Waals surface area contributed by atoms with Crippen molar-refractivity contribution in [2.24, 2.45) is 0 Å². The Morgan fingerprint density at radius 3 is 2.59 bits per heavy atom. The average molecular weight is 550 g/mol. The molecule has 0 spiro atoms. The Balaban J connectivity index is 1.21. The van der Waals surface area contributed by atoms with Crippen LogP contribution < -0.4 is 9.64 Å². The van der Waals surface area contributed by atoms with Gasteiger partial charge >= 0.3 is 0 Å². The maximum atomic E-state index is 10.4. The Labute approximate surface area is 238 Å². The molecular formula is C31H31N7O3. The summed E-state index contributed by atoms with van der Waals surface area (Å²) in [5.41, 5.74) is 3.39. The third kappa shape index (κ3) is 5.33. The second-order valence-corrected chi connectivity index (χ2v) is 10.8. The van der Waals surface area contributed by atoms with E-state index in [-0.39, 0.29) is 6.61 Å². The molecule has 0 amide bonds. The molecule has 3 saturated heterocycles. The van der Waals surface area contributed by atoms with E-state index in [1.807, 2.05) is 36.7 Å². The van der Waals surface area contributed by atoms with E-state index < -0.39 is 5.60 Å². The highest BCUT2D eigenvalue weighted by molar-refractivity contribution is 5.85. The summed E-state index contributed by atoms with van der Waals surface area (Å²) in [5, 5.41) is 24.5. The largest absolute Gasteiger partial charge is 0.481 e. The van der Waals surface area contributed by atoms with Crippen molar-refractivity contribution in [1.29, 1.82) is 5.26 Å². The number of aromatic nitrogens is 4. The van der Waals surface area contributed by atoms with Crippen LogP contribution in [0, 0.1) is 23.2 Å². The molecule has 3 aliphatic heterocycles. The number of nitrogens with zero attached hydrogens (tertiary/aromatic N) is 7. The number of rotatable bonds is 7. The second-order valence-electron chi connectivity index (χ2n) is 10.8. The maximum Gasteiger partial charge on any atom is 0.212 e. The highest BCUT2D eigenvalue weighted by Crippen LogP contribution is 2.36. The number of hydrogen-bond acceptors (Lipinski definition) is 9. The number of anilines is 1. The number of methoxy groups -OCH3 is 2. The Hall–Kier alpha value is -4.48. The fourth-order valence-corrected chi connectivity index (χ4v) is 5.72. The minimum absolute atomic E-state index is 0.0928. The lowest BCUT2D eigenvalue weighted by atomic mass is 9.87. The Morgan fingerprint density at radius 1 is 1.10 bits per heavy atom. The van der Waals surface area contributed by atoms with Crippen LogP contribution in [0.15, 0.2) is 55.1 Å². The van der Waals surface area contributed by atoms with Crippen LogP contribution in [0.5, 0.6) is 5.88 Å². The number of ether oxygens (including phenoxy) is 2. The summed E-state index contributed by atoms with van der Waals surface area (Å²) in [6.45, 7) is 4.42. The van der Waals surface area contributed by atoms with E-state index in [0.29, 0.717) is 34.6 Å².